The Balaban J connectivity index is 1.41. The summed E-state index contributed by atoms with van der Waals surface area (Å²) in [4.78, 5) is 17.9. The minimum absolute atomic E-state index is 0.696. The van der Waals surface area contributed by atoms with E-state index in [1.807, 2.05) is 17.1 Å². The van der Waals surface area contributed by atoms with E-state index in [0.29, 0.717) is 13.2 Å². The van der Waals surface area contributed by atoms with Gasteiger partial charge in [0.15, 0.2) is 5.65 Å². The van der Waals surface area contributed by atoms with E-state index in [9.17, 15) is 0 Å². The molecule has 0 amide bonds. The highest BCUT2D eigenvalue weighted by atomic mass is 16.5. The van der Waals surface area contributed by atoms with Crippen molar-refractivity contribution < 1.29 is 9.47 Å². The number of nitrogens with one attached hydrogen (secondary N) is 1. The van der Waals surface area contributed by atoms with Crippen molar-refractivity contribution in [3.63, 3.8) is 0 Å². The molecule has 0 atom stereocenters. The number of hydrogen-bond donors (Lipinski definition) is 1. The molecule has 32 heavy (non-hydrogen) atoms. The van der Waals surface area contributed by atoms with Crippen molar-refractivity contribution in [2.45, 2.75) is 6.54 Å². The van der Waals surface area contributed by atoms with Gasteiger partial charge >= 0.3 is 0 Å². The largest absolute Gasteiger partial charge is 0.379 e. The molecule has 4 aromatic rings. The van der Waals surface area contributed by atoms with Crippen molar-refractivity contribution in [2.75, 3.05) is 64.1 Å². The third-order valence-corrected chi connectivity index (χ3v) is 6.34. The highest BCUT2D eigenvalue weighted by Crippen LogP contribution is 2.30. The van der Waals surface area contributed by atoms with Crippen LogP contribution in [0.5, 0.6) is 0 Å². The zero-order valence-electron chi connectivity index (χ0n) is 18.0. The van der Waals surface area contributed by atoms with Crippen LogP contribution < -0.4 is 4.90 Å². The van der Waals surface area contributed by atoms with Crippen molar-refractivity contribution in [2.24, 2.45) is 0 Å². The summed E-state index contributed by atoms with van der Waals surface area (Å²) in [6.45, 7) is 8.24. The number of rotatable bonds is 5. The predicted molar refractivity (Wildman–Crippen MR) is 123 cm³/mol. The normalized spacial score (nSPS) is 18.1. The van der Waals surface area contributed by atoms with Crippen molar-refractivity contribution in [1.29, 1.82) is 0 Å². The van der Waals surface area contributed by atoms with Crippen LogP contribution in [0.4, 0.5) is 5.95 Å². The van der Waals surface area contributed by atoms with Crippen molar-refractivity contribution in [3.8, 4) is 11.3 Å². The van der Waals surface area contributed by atoms with Gasteiger partial charge in [-0.2, -0.15) is 10.1 Å². The van der Waals surface area contributed by atoms with Gasteiger partial charge in [-0.15, -0.1) is 0 Å². The van der Waals surface area contributed by atoms with Gasteiger partial charge in [0.25, 0.3) is 0 Å². The molecule has 0 bridgehead atoms. The summed E-state index contributed by atoms with van der Waals surface area (Å²) in [5, 5.41) is 6.88. The van der Waals surface area contributed by atoms with Gasteiger partial charge in [0.05, 0.1) is 50.2 Å². The molecule has 0 aliphatic carbocycles. The second kappa shape index (κ2) is 8.50. The molecule has 2 saturated heterocycles. The molecule has 0 saturated carbocycles. The van der Waals surface area contributed by atoms with Crippen LogP contribution in [-0.4, -0.2) is 88.8 Å². The average Bonchev–Trinajstić information content (AvgIpc) is 3.50. The lowest BCUT2D eigenvalue weighted by molar-refractivity contribution is 0.0361. The molecule has 2 fully saturated rings. The van der Waals surface area contributed by atoms with E-state index >= 15 is 0 Å². The third kappa shape index (κ3) is 3.72. The van der Waals surface area contributed by atoms with Crippen molar-refractivity contribution >= 4 is 27.9 Å². The summed E-state index contributed by atoms with van der Waals surface area (Å²) in [6, 6.07) is 8.50. The van der Waals surface area contributed by atoms with Crippen LogP contribution in [0.25, 0.3) is 33.2 Å². The van der Waals surface area contributed by atoms with Crippen LogP contribution in [0.15, 0.2) is 36.7 Å². The van der Waals surface area contributed by atoms with Gasteiger partial charge in [0.1, 0.15) is 0 Å². The molecule has 1 aromatic carbocycles. The van der Waals surface area contributed by atoms with Gasteiger partial charge in [-0.25, -0.2) is 9.67 Å². The lowest BCUT2D eigenvalue weighted by Crippen LogP contribution is -2.38. The molecule has 5 heterocycles. The van der Waals surface area contributed by atoms with Crippen LogP contribution in [0.2, 0.25) is 0 Å². The Bertz CT molecular complexity index is 1220. The SMILES string of the molecule is c1cc2ccc(-c3nc(N4CCOCC4)nc4c3cnn4CCN3CCOCC3)cc2[nH]1. The number of morpholine rings is 2. The first-order valence-corrected chi connectivity index (χ1v) is 11.3. The fourth-order valence-corrected chi connectivity index (χ4v) is 4.49. The number of anilines is 1. The standard InChI is InChI=1S/C23H27N7O2/c1-2-18(15-20-17(1)3-4-24-20)21-19-16-25-30(6-5-28-7-11-31-12-8-28)22(19)27-23(26-21)29-9-13-32-14-10-29/h1-4,15-16,24H,5-14H2. The van der Waals surface area contributed by atoms with Gasteiger partial charge in [0, 0.05) is 50.0 Å². The lowest BCUT2D eigenvalue weighted by atomic mass is 10.1. The molecule has 6 rings (SSSR count). The Kier molecular flexibility index (Phi) is 5.22. The van der Waals surface area contributed by atoms with Crippen LogP contribution in [-0.2, 0) is 16.0 Å². The van der Waals surface area contributed by atoms with E-state index in [-0.39, 0.29) is 0 Å². The fourth-order valence-electron chi connectivity index (χ4n) is 4.49. The first-order valence-electron chi connectivity index (χ1n) is 11.3. The average molecular weight is 434 g/mol. The topological polar surface area (TPSA) is 84.3 Å². The maximum atomic E-state index is 5.54. The van der Waals surface area contributed by atoms with Crippen molar-refractivity contribution in [3.05, 3.63) is 36.7 Å². The second-order valence-corrected chi connectivity index (χ2v) is 8.31. The van der Waals surface area contributed by atoms with Crippen LogP contribution in [0.3, 0.4) is 0 Å². The molecule has 2 aliphatic rings. The highest BCUT2D eigenvalue weighted by Gasteiger charge is 2.20. The van der Waals surface area contributed by atoms with Gasteiger partial charge in [-0.05, 0) is 17.5 Å². The van der Waals surface area contributed by atoms with Crippen LogP contribution in [0.1, 0.15) is 0 Å². The molecule has 2 aliphatic heterocycles. The molecular formula is C23H27N7O2. The van der Waals surface area contributed by atoms with E-state index in [2.05, 4.69) is 39.0 Å². The summed E-state index contributed by atoms with van der Waals surface area (Å²) in [6.07, 6.45) is 3.87. The summed E-state index contributed by atoms with van der Waals surface area (Å²) in [5.41, 5.74) is 3.97. The van der Waals surface area contributed by atoms with E-state index in [1.165, 1.54) is 5.39 Å². The molecular weight excluding hydrogens is 406 g/mol. The zero-order chi connectivity index (χ0) is 21.3. The molecule has 1 N–H and O–H groups in total. The Hall–Kier alpha value is -3.01. The van der Waals surface area contributed by atoms with E-state index in [4.69, 9.17) is 24.5 Å². The monoisotopic (exact) mass is 433 g/mol. The van der Waals surface area contributed by atoms with Crippen LogP contribution >= 0.6 is 0 Å². The number of nitrogens with zero attached hydrogens (tertiary/aromatic N) is 6. The fraction of sp³-hybridized carbons (Fsp3) is 0.435. The molecule has 0 spiro atoms. The van der Waals surface area contributed by atoms with Gasteiger partial charge in [0.2, 0.25) is 5.95 Å². The molecule has 9 heteroatoms. The Labute approximate surface area is 185 Å². The van der Waals surface area contributed by atoms with E-state index in [0.717, 1.165) is 86.2 Å². The van der Waals surface area contributed by atoms with Gasteiger partial charge in [-0.3, -0.25) is 4.90 Å². The summed E-state index contributed by atoms with van der Waals surface area (Å²) in [7, 11) is 0. The number of H-pyrrole nitrogens is 1. The molecule has 0 unspecified atom stereocenters. The molecule has 3 aromatic heterocycles. The number of hydrogen-bond acceptors (Lipinski definition) is 7. The first-order chi connectivity index (χ1) is 15.8. The maximum Gasteiger partial charge on any atom is 0.228 e. The summed E-state index contributed by atoms with van der Waals surface area (Å²) < 4.78 is 13.0. The Morgan fingerprint density at radius 3 is 2.56 bits per heavy atom. The third-order valence-electron chi connectivity index (χ3n) is 6.34. The van der Waals surface area contributed by atoms with E-state index in [1.54, 1.807) is 0 Å². The minimum Gasteiger partial charge on any atom is -0.379 e. The number of ether oxygens (including phenoxy) is 2. The Morgan fingerprint density at radius 1 is 0.906 bits per heavy atom. The maximum absolute atomic E-state index is 5.54. The first kappa shape index (κ1) is 19.7. The number of aromatic nitrogens is 5. The summed E-state index contributed by atoms with van der Waals surface area (Å²) in [5.74, 6) is 0.746. The van der Waals surface area contributed by atoms with Gasteiger partial charge < -0.3 is 19.4 Å². The number of benzene rings is 1. The van der Waals surface area contributed by atoms with Crippen LogP contribution in [0, 0.1) is 0 Å². The summed E-state index contributed by atoms with van der Waals surface area (Å²) >= 11 is 0. The van der Waals surface area contributed by atoms with E-state index < -0.39 is 0 Å². The highest BCUT2D eigenvalue weighted by molar-refractivity contribution is 5.94. The second-order valence-electron chi connectivity index (χ2n) is 8.31. The van der Waals surface area contributed by atoms with Gasteiger partial charge in [-0.1, -0.05) is 12.1 Å². The Morgan fingerprint density at radius 2 is 1.72 bits per heavy atom. The lowest BCUT2D eigenvalue weighted by Gasteiger charge is -2.27. The number of fused-ring (bicyclic) bond motifs is 2. The molecule has 0 radical (unpaired) electrons. The minimum atomic E-state index is 0.696. The zero-order valence-corrected chi connectivity index (χ0v) is 18.0. The number of aromatic amines is 1. The molecule has 166 valence electrons. The molecule has 9 nitrogen and oxygen atoms in total. The smallest absolute Gasteiger partial charge is 0.228 e. The van der Waals surface area contributed by atoms with Crippen molar-refractivity contribution in [1.82, 2.24) is 29.6 Å². The predicted octanol–water partition coefficient (Wildman–Crippen LogP) is 2.14. The quantitative estimate of drug-likeness (QED) is 0.516.